The van der Waals surface area contributed by atoms with Gasteiger partial charge in [-0.3, -0.25) is 0 Å². The fourth-order valence-corrected chi connectivity index (χ4v) is 1.98. The van der Waals surface area contributed by atoms with Crippen molar-refractivity contribution in [1.29, 1.82) is 0 Å². The van der Waals surface area contributed by atoms with Crippen LogP contribution in [0.5, 0.6) is 0 Å². The molecule has 0 bridgehead atoms. The first kappa shape index (κ1) is 23.4. The van der Waals surface area contributed by atoms with Crippen LogP contribution in [0.3, 0.4) is 0 Å². The third kappa shape index (κ3) is 20.3. The van der Waals surface area contributed by atoms with Gasteiger partial charge in [0.2, 0.25) is 0 Å². The molecule has 0 saturated heterocycles. The first-order chi connectivity index (χ1) is 11.0. The summed E-state index contributed by atoms with van der Waals surface area (Å²) in [4.78, 5) is 11.3. The number of carbonyl (C=O) groups excluding carboxylic acids is 1. The van der Waals surface area contributed by atoms with Crippen molar-refractivity contribution in [3.63, 3.8) is 0 Å². The molecule has 7 nitrogen and oxygen atoms in total. The van der Waals surface area contributed by atoms with Crippen molar-refractivity contribution in [2.75, 3.05) is 59.5 Å². The number of rotatable bonds is 15. The van der Waals surface area contributed by atoms with E-state index in [0.29, 0.717) is 52.9 Å². The van der Waals surface area contributed by atoms with Gasteiger partial charge in [0, 0.05) is 21.2 Å². The third-order valence-electron chi connectivity index (χ3n) is 2.11. The molecular formula is C14H27IO7S. The summed E-state index contributed by atoms with van der Waals surface area (Å²) in [5.41, 5.74) is -0.486. The Morgan fingerprint density at radius 3 is 1.70 bits per heavy atom. The average Bonchev–Trinajstić information content (AvgIpc) is 2.46. The van der Waals surface area contributed by atoms with E-state index in [1.165, 1.54) is 9.21 Å². The zero-order valence-corrected chi connectivity index (χ0v) is 17.0. The fraction of sp³-hybridized carbons (Fsp3) is 0.929. The van der Waals surface area contributed by atoms with E-state index >= 15 is 0 Å². The molecule has 0 amide bonds. The van der Waals surface area contributed by atoms with Crippen molar-refractivity contribution in [2.45, 2.75) is 26.4 Å². The first-order valence-corrected chi connectivity index (χ1v) is 10.7. The SMILES string of the molecule is CC(C)(C)OC(=O)COCCOCCOCCOCCOSI. The maximum atomic E-state index is 11.3. The van der Waals surface area contributed by atoms with E-state index in [1.807, 2.05) is 20.8 Å². The van der Waals surface area contributed by atoms with E-state index < -0.39 is 5.60 Å². The highest BCUT2D eigenvalue weighted by Gasteiger charge is 2.15. The molecule has 0 rings (SSSR count). The zero-order chi connectivity index (χ0) is 17.4. The van der Waals surface area contributed by atoms with Gasteiger partial charge in [-0.1, -0.05) is 0 Å². The minimum Gasteiger partial charge on any atom is -0.458 e. The van der Waals surface area contributed by atoms with E-state index in [2.05, 4.69) is 21.2 Å². The van der Waals surface area contributed by atoms with Crippen LogP contribution < -0.4 is 0 Å². The van der Waals surface area contributed by atoms with Crippen LogP contribution in [0.2, 0.25) is 0 Å². The van der Waals surface area contributed by atoms with Crippen molar-refractivity contribution in [1.82, 2.24) is 0 Å². The summed E-state index contributed by atoms with van der Waals surface area (Å²) in [7, 11) is 1.29. The van der Waals surface area contributed by atoms with Crippen molar-refractivity contribution in [3.05, 3.63) is 0 Å². The van der Waals surface area contributed by atoms with Gasteiger partial charge in [0.25, 0.3) is 0 Å². The minimum absolute atomic E-state index is 0.0613. The number of esters is 1. The molecule has 0 aromatic rings. The van der Waals surface area contributed by atoms with Crippen LogP contribution in [-0.4, -0.2) is 71.0 Å². The van der Waals surface area contributed by atoms with Crippen LogP contribution >= 0.6 is 30.4 Å². The topological polar surface area (TPSA) is 72.5 Å². The lowest BCUT2D eigenvalue weighted by atomic mass is 10.2. The van der Waals surface area contributed by atoms with Crippen LogP contribution in [0, 0.1) is 0 Å². The van der Waals surface area contributed by atoms with Crippen LogP contribution in [0.25, 0.3) is 0 Å². The average molecular weight is 466 g/mol. The summed E-state index contributed by atoms with van der Waals surface area (Å²) in [5.74, 6) is -0.372. The molecule has 0 aliphatic heterocycles. The summed E-state index contributed by atoms with van der Waals surface area (Å²) < 4.78 is 31.2. The lowest BCUT2D eigenvalue weighted by molar-refractivity contribution is -0.160. The Morgan fingerprint density at radius 2 is 1.26 bits per heavy atom. The minimum atomic E-state index is -0.486. The summed E-state index contributed by atoms with van der Waals surface area (Å²) in [6.45, 7) is 9.30. The fourth-order valence-electron chi connectivity index (χ4n) is 1.31. The standard InChI is InChI=1S/C14H27IO7S/c1-14(2,3)22-13(16)12-20-9-8-18-5-4-17-6-7-19-10-11-21-23-15/h4-12H2,1-3H3. The number of carbonyl (C=O) groups is 1. The highest BCUT2D eigenvalue weighted by atomic mass is 127. The monoisotopic (exact) mass is 466 g/mol. The molecule has 0 saturated carbocycles. The lowest BCUT2D eigenvalue weighted by Gasteiger charge is -2.19. The second-order valence-corrected chi connectivity index (χ2v) is 6.80. The molecule has 0 heterocycles. The number of hydrogen-bond donors (Lipinski definition) is 0. The van der Waals surface area contributed by atoms with Gasteiger partial charge in [-0.2, -0.15) is 0 Å². The van der Waals surface area contributed by atoms with Gasteiger partial charge in [-0.25, -0.2) is 4.79 Å². The molecule has 0 N–H and O–H groups in total. The quantitative estimate of drug-likeness (QED) is 0.158. The Kier molecular flexibility index (Phi) is 16.1. The van der Waals surface area contributed by atoms with Crippen molar-refractivity contribution in [2.24, 2.45) is 0 Å². The van der Waals surface area contributed by atoms with Gasteiger partial charge < -0.3 is 27.9 Å². The Bertz CT molecular complexity index is 287. The van der Waals surface area contributed by atoms with Crippen LogP contribution in [0.4, 0.5) is 0 Å². The Hall–Kier alpha value is 0.350. The van der Waals surface area contributed by atoms with Gasteiger partial charge in [0.15, 0.2) is 0 Å². The first-order valence-electron chi connectivity index (χ1n) is 7.38. The largest absolute Gasteiger partial charge is 0.458 e. The van der Waals surface area contributed by atoms with Crippen LogP contribution in [0.15, 0.2) is 0 Å². The molecular weight excluding hydrogens is 439 g/mol. The smallest absolute Gasteiger partial charge is 0.332 e. The van der Waals surface area contributed by atoms with Crippen LogP contribution in [-0.2, 0) is 32.7 Å². The predicted molar refractivity (Wildman–Crippen MR) is 96.7 cm³/mol. The molecule has 0 aliphatic rings. The van der Waals surface area contributed by atoms with E-state index in [1.54, 1.807) is 0 Å². The number of halogens is 1. The van der Waals surface area contributed by atoms with E-state index in [4.69, 9.17) is 27.9 Å². The number of ether oxygens (including phenoxy) is 5. The number of hydrogen-bond acceptors (Lipinski definition) is 8. The van der Waals surface area contributed by atoms with Crippen molar-refractivity contribution in [3.8, 4) is 0 Å². The predicted octanol–water partition coefficient (Wildman–Crippen LogP) is 2.41. The lowest BCUT2D eigenvalue weighted by Crippen LogP contribution is -2.27. The summed E-state index contributed by atoms with van der Waals surface area (Å²) in [6, 6.07) is 0. The highest BCUT2D eigenvalue weighted by molar-refractivity contribution is 14.2. The summed E-state index contributed by atoms with van der Waals surface area (Å²) >= 11 is 2.06. The third-order valence-corrected chi connectivity index (χ3v) is 3.13. The second kappa shape index (κ2) is 15.9. The van der Waals surface area contributed by atoms with Crippen LogP contribution in [0.1, 0.15) is 20.8 Å². The van der Waals surface area contributed by atoms with Gasteiger partial charge in [0.1, 0.15) is 12.2 Å². The molecule has 0 aromatic carbocycles. The van der Waals surface area contributed by atoms with Gasteiger partial charge in [-0.05, 0) is 20.8 Å². The van der Waals surface area contributed by atoms with Gasteiger partial charge in [-0.15, -0.1) is 0 Å². The normalized spacial score (nSPS) is 11.7. The van der Waals surface area contributed by atoms with E-state index in [0.717, 1.165) is 0 Å². The molecule has 0 radical (unpaired) electrons. The molecule has 23 heavy (non-hydrogen) atoms. The second-order valence-electron chi connectivity index (χ2n) is 5.36. The molecule has 0 spiro atoms. The zero-order valence-electron chi connectivity index (χ0n) is 14.0. The maximum absolute atomic E-state index is 11.3. The Labute approximate surface area is 154 Å². The summed E-state index contributed by atoms with van der Waals surface area (Å²) in [6.07, 6.45) is 0. The Morgan fingerprint density at radius 1 is 0.826 bits per heavy atom. The summed E-state index contributed by atoms with van der Waals surface area (Å²) in [5, 5.41) is 0. The molecule has 0 unspecified atom stereocenters. The van der Waals surface area contributed by atoms with E-state index in [9.17, 15) is 4.79 Å². The van der Waals surface area contributed by atoms with Gasteiger partial charge in [0.05, 0.1) is 62.1 Å². The molecule has 0 atom stereocenters. The van der Waals surface area contributed by atoms with Gasteiger partial charge >= 0.3 is 5.97 Å². The highest BCUT2D eigenvalue weighted by Crippen LogP contribution is 2.11. The molecule has 0 fully saturated rings. The molecule has 138 valence electrons. The van der Waals surface area contributed by atoms with E-state index in [-0.39, 0.29) is 12.6 Å². The molecule has 0 aliphatic carbocycles. The molecule has 0 aromatic heterocycles. The maximum Gasteiger partial charge on any atom is 0.332 e. The Balaban J connectivity index is 3.15. The van der Waals surface area contributed by atoms with Crippen molar-refractivity contribution < 1.29 is 32.7 Å². The van der Waals surface area contributed by atoms with Crippen molar-refractivity contribution >= 4 is 36.4 Å². The molecule has 9 heteroatoms.